The molecular weight excluding hydrogens is 498 g/mol. The number of aliphatic carboxylic acids is 1. The highest BCUT2D eigenvalue weighted by Gasteiger charge is 2.44. The minimum atomic E-state index is -1.24. The average molecular weight is 524 g/mol. The van der Waals surface area contributed by atoms with Gasteiger partial charge in [0.05, 0.1) is 28.1 Å². The van der Waals surface area contributed by atoms with Gasteiger partial charge in [0.25, 0.3) is 0 Å². The summed E-state index contributed by atoms with van der Waals surface area (Å²) < 4.78 is 7.61. The molecule has 0 unspecified atom stereocenters. The van der Waals surface area contributed by atoms with Crippen LogP contribution in [0.1, 0.15) is 24.0 Å². The molecule has 0 spiro atoms. The molecule has 8 N–H and O–H groups in total. The van der Waals surface area contributed by atoms with Crippen LogP contribution in [-0.2, 0) is 9.53 Å². The Kier molecular flexibility index (Phi) is 7.00. The fraction of sp³-hybridized carbons (Fsp3) is 0.333. The molecule has 0 bridgehead atoms. The molecule has 1 fully saturated rings. The van der Waals surface area contributed by atoms with Crippen molar-refractivity contribution in [3.8, 4) is 11.8 Å². The van der Waals surface area contributed by atoms with Crippen molar-refractivity contribution >= 4 is 45.6 Å². The number of carboxylic acid groups (broad SMARTS) is 1. The van der Waals surface area contributed by atoms with Crippen LogP contribution in [0.25, 0.3) is 22.1 Å². The number of H-pyrrole nitrogens is 1. The number of aliphatic hydroxyl groups is 2. The molecule has 13 heteroatoms. The third-order valence-electron chi connectivity index (χ3n) is 6.13. The number of carbonyl (C=O) groups is 1. The van der Waals surface area contributed by atoms with Gasteiger partial charge >= 0.3 is 5.97 Å². The molecule has 0 aliphatic carbocycles. The van der Waals surface area contributed by atoms with Crippen LogP contribution in [0.2, 0.25) is 0 Å². The lowest BCUT2D eigenvalue weighted by Crippen LogP contribution is -2.33. The zero-order valence-corrected chi connectivity index (χ0v) is 20.3. The molecule has 1 aliphatic heterocycles. The molecule has 5 rings (SSSR count). The molecule has 3 aromatic heterocycles. The van der Waals surface area contributed by atoms with Crippen LogP contribution in [0.5, 0.6) is 0 Å². The van der Waals surface area contributed by atoms with E-state index in [9.17, 15) is 15.0 Å². The average Bonchev–Trinajstić information content (AvgIpc) is 3.55. The summed E-state index contributed by atoms with van der Waals surface area (Å²) in [5.74, 6) is 6.51. The minimum Gasteiger partial charge on any atom is -0.480 e. The molecule has 37 heavy (non-hydrogen) atoms. The van der Waals surface area contributed by atoms with Crippen molar-refractivity contribution in [1.82, 2.24) is 24.5 Å². The number of thioether (sulfide) groups is 1. The van der Waals surface area contributed by atoms with Gasteiger partial charge in [0.2, 0.25) is 0 Å². The van der Waals surface area contributed by atoms with Crippen molar-refractivity contribution < 1.29 is 24.9 Å². The van der Waals surface area contributed by atoms with Crippen molar-refractivity contribution in [3.05, 3.63) is 48.2 Å². The summed E-state index contributed by atoms with van der Waals surface area (Å²) in [5.41, 5.74) is 14.3. The number of ether oxygens (including phenoxy) is 1. The Morgan fingerprint density at radius 2 is 2.05 bits per heavy atom. The Morgan fingerprint density at radius 1 is 1.24 bits per heavy atom. The van der Waals surface area contributed by atoms with Gasteiger partial charge in [-0.15, -0.1) is 0 Å². The van der Waals surface area contributed by atoms with E-state index in [0.717, 1.165) is 11.0 Å². The lowest BCUT2D eigenvalue weighted by Gasteiger charge is -2.17. The van der Waals surface area contributed by atoms with Gasteiger partial charge in [-0.2, -0.15) is 11.8 Å². The Bertz CT molecular complexity index is 1480. The van der Waals surface area contributed by atoms with E-state index < -0.39 is 36.6 Å². The molecule has 0 amide bonds. The number of anilines is 1. The smallest absolute Gasteiger partial charge is 0.320 e. The van der Waals surface area contributed by atoms with Crippen molar-refractivity contribution in [3.63, 3.8) is 0 Å². The highest BCUT2D eigenvalue weighted by molar-refractivity contribution is 7.99. The summed E-state index contributed by atoms with van der Waals surface area (Å²) >= 11 is 1.39. The lowest BCUT2D eigenvalue weighted by molar-refractivity contribution is -0.138. The van der Waals surface area contributed by atoms with Crippen LogP contribution in [0.15, 0.2) is 36.8 Å². The number of hydrogen-bond acceptors (Lipinski definition) is 10. The molecule has 5 atom stereocenters. The monoisotopic (exact) mass is 523 g/mol. The fourth-order valence-corrected chi connectivity index (χ4v) is 5.26. The van der Waals surface area contributed by atoms with Gasteiger partial charge in [0.1, 0.15) is 36.0 Å². The van der Waals surface area contributed by atoms with Crippen LogP contribution in [0.3, 0.4) is 0 Å². The van der Waals surface area contributed by atoms with Crippen LogP contribution in [0.4, 0.5) is 5.82 Å². The minimum absolute atomic E-state index is 0.215. The zero-order valence-electron chi connectivity index (χ0n) is 19.5. The van der Waals surface area contributed by atoms with Gasteiger partial charge < -0.3 is 41.1 Å². The quantitative estimate of drug-likeness (QED) is 0.145. The summed E-state index contributed by atoms with van der Waals surface area (Å²) in [4.78, 5) is 26.9. The maximum atomic E-state index is 10.9. The topological polar surface area (TPSA) is 198 Å². The summed E-state index contributed by atoms with van der Waals surface area (Å²) in [6.07, 6.45) is -0.787. The number of nitrogen functional groups attached to an aromatic ring is 1. The summed E-state index contributed by atoms with van der Waals surface area (Å²) in [6.45, 7) is 0. The first-order chi connectivity index (χ1) is 17.8. The van der Waals surface area contributed by atoms with Crippen LogP contribution in [0, 0.1) is 11.8 Å². The summed E-state index contributed by atoms with van der Waals surface area (Å²) in [6, 6.07) is 6.64. The van der Waals surface area contributed by atoms with E-state index in [4.69, 9.17) is 21.3 Å². The number of nitrogens with zero attached hydrogens (tertiary/aromatic N) is 4. The van der Waals surface area contributed by atoms with Crippen LogP contribution >= 0.6 is 11.8 Å². The summed E-state index contributed by atoms with van der Waals surface area (Å²) in [7, 11) is 0. The van der Waals surface area contributed by atoms with E-state index in [-0.39, 0.29) is 12.2 Å². The molecule has 4 aromatic rings. The molecule has 4 heterocycles. The maximum absolute atomic E-state index is 10.9. The lowest BCUT2D eigenvalue weighted by atomic mass is 10.1. The first-order valence-electron chi connectivity index (χ1n) is 11.5. The van der Waals surface area contributed by atoms with Gasteiger partial charge in [-0.3, -0.25) is 4.79 Å². The molecular formula is C24H25N7O5S. The van der Waals surface area contributed by atoms with Crippen molar-refractivity contribution in [2.24, 2.45) is 5.73 Å². The SMILES string of the molecule is Nc1ncnc2c1c(C#Cc1nc3ccccc3[nH]1)cn2[C@@H]1O[C@H](CSCC[C@H](N)C(=O)O)[C@@H](O)[C@H]1O. The van der Waals surface area contributed by atoms with Gasteiger partial charge in [-0.1, -0.05) is 18.1 Å². The number of aliphatic hydroxyl groups excluding tert-OH is 2. The van der Waals surface area contributed by atoms with Gasteiger partial charge in [0.15, 0.2) is 12.1 Å². The standard InChI is InChI=1S/C24H25N7O5S/c25-13(24(34)35)7-8-37-10-16-19(32)20(33)23(36-16)31-9-12(18-21(26)27-11-28-22(18)31)5-6-17-29-14-3-1-2-4-15(14)30-17/h1-4,9,11,13,16,19-20,23,32-33H,7-8,10,25H2,(H,29,30)(H,34,35)(H2,26,27,28)/t13-,16+,19+,20+,23+/m0/s1. The maximum Gasteiger partial charge on any atom is 0.320 e. The third kappa shape index (κ3) is 4.97. The number of aromatic amines is 1. The van der Waals surface area contributed by atoms with Gasteiger partial charge in [-0.25, -0.2) is 15.0 Å². The normalized spacial score (nSPS) is 22.2. The fourth-order valence-electron chi connectivity index (χ4n) is 4.17. The van der Waals surface area contributed by atoms with Gasteiger partial charge in [-0.05, 0) is 30.2 Å². The highest BCUT2D eigenvalue weighted by atomic mass is 32.2. The molecule has 0 saturated carbocycles. The second-order valence-electron chi connectivity index (χ2n) is 8.61. The number of nitrogens with one attached hydrogen (secondary N) is 1. The number of imidazole rings is 1. The third-order valence-corrected chi connectivity index (χ3v) is 7.22. The van der Waals surface area contributed by atoms with Crippen molar-refractivity contribution in [2.45, 2.75) is 37.0 Å². The Morgan fingerprint density at radius 3 is 2.84 bits per heavy atom. The van der Waals surface area contributed by atoms with Crippen molar-refractivity contribution in [2.75, 3.05) is 17.2 Å². The van der Waals surface area contributed by atoms with E-state index in [0.29, 0.717) is 33.9 Å². The zero-order chi connectivity index (χ0) is 26.1. The van der Waals surface area contributed by atoms with E-state index in [1.807, 2.05) is 24.3 Å². The number of aromatic nitrogens is 5. The predicted molar refractivity (Wildman–Crippen MR) is 137 cm³/mol. The molecule has 1 aliphatic rings. The number of fused-ring (bicyclic) bond motifs is 2. The number of benzene rings is 1. The van der Waals surface area contributed by atoms with E-state index in [1.54, 1.807) is 10.8 Å². The number of nitrogens with two attached hydrogens (primary N) is 2. The first kappa shape index (κ1) is 25.0. The van der Waals surface area contributed by atoms with E-state index >= 15 is 0 Å². The first-order valence-corrected chi connectivity index (χ1v) is 12.6. The predicted octanol–water partition coefficient (Wildman–Crippen LogP) is 0.444. The molecule has 0 radical (unpaired) electrons. The van der Waals surface area contributed by atoms with Gasteiger partial charge in [0, 0.05) is 11.9 Å². The molecule has 12 nitrogen and oxygen atoms in total. The van der Waals surface area contributed by atoms with Crippen LogP contribution in [-0.4, -0.2) is 81.7 Å². The largest absolute Gasteiger partial charge is 0.480 e. The van der Waals surface area contributed by atoms with E-state index in [2.05, 4.69) is 31.8 Å². The Hall–Kier alpha value is -3.67. The Labute approximate surface area is 215 Å². The highest BCUT2D eigenvalue weighted by Crippen LogP contribution is 2.35. The number of para-hydroxylation sites is 2. The number of rotatable bonds is 7. The van der Waals surface area contributed by atoms with E-state index in [1.165, 1.54) is 18.1 Å². The van der Waals surface area contributed by atoms with Crippen LogP contribution < -0.4 is 11.5 Å². The molecule has 192 valence electrons. The number of hydrogen-bond donors (Lipinski definition) is 6. The summed E-state index contributed by atoms with van der Waals surface area (Å²) in [5, 5.41) is 30.8. The number of carboxylic acids is 1. The van der Waals surface area contributed by atoms with Crippen molar-refractivity contribution in [1.29, 1.82) is 0 Å². The Balaban J connectivity index is 1.39. The molecule has 1 aromatic carbocycles. The molecule has 1 saturated heterocycles. The second-order valence-corrected chi connectivity index (χ2v) is 9.76. The second kappa shape index (κ2) is 10.4.